The number of carbonyl (C=O) groups is 2. The molecule has 1 aliphatic heterocycles. The molecule has 2 atom stereocenters. The Balaban J connectivity index is 2.47. The smallest absolute Gasteiger partial charge is 0.240 e. The molecule has 6 nitrogen and oxygen atoms in total. The summed E-state index contributed by atoms with van der Waals surface area (Å²) < 4.78 is 5.47. The first-order valence-corrected chi connectivity index (χ1v) is 5.98. The average molecular weight is 243 g/mol. The number of nitrogens with zero attached hydrogens (tertiary/aromatic N) is 1. The van der Waals surface area contributed by atoms with Crippen molar-refractivity contribution in [3.8, 4) is 0 Å². The highest BCUT2D eigenvalue weighted by molar-refractivity contribution is 5.87. The van der Waals surface area contributed by atoms with E-state index in [9.17, 15) is 9.59 Å². The molecule has 98 valence electrons. The highest BCUT2D eigenvalue weighted by Gasteiger charge is 2.25. The summed E-state index contributed by atoms with van der Waals surface area (Å²) in [6.45, 7) is 3.74. The van der Waals surface area contributed by atoms with E-state index in [2.05, 4.69) is 0 Å². The standard InChI is InChI=1S/C11H21N3O3/c1-2-14(7-8-4-3-5-17-8)11(16)9(12)6-10(13)15/h8-9H,2-7,12H2,1H3,(H2,13,15). The summed E-state index contributed by atoms with van der Waals surface area (Å²) in [5, 5.41) is 0. The molecule has 1 rings (SSSR count). The van der Waals surface area contributed by atoms with E-state index in [1.54, 1.807) is 4.90 Å². The fraction of sp³-hybridized carbons (Fsp3) is 0.818. The summed E-state index contributed by atoms with van der Waals surface area (Å²) in [5.74, 6) is -0.791. The summed E-state index contributed by atoms with van der Waals surface area (Å²) in [7, 11) is 0. The molecule has 0 aromatic carbocycles. The Morgan fingerprint density at radius 1 is 1.53 bits per heavy atom. The van der Waals surface area contributed by atoms with Crippen molar-refractivity contribution in [1.82, 2.24) is 4.90 Å². The maximum atomic E-state index is 11.9. The zero-order valence-corrected chi connectivity index (χ0v) is 10.2. The van der Waals surface area contributed by atoms with Crippen molar-refractivity contribution in [3.63, 3.8) is 0 Å². The largest absolute Gasteiger partial charge is 0.376 e. The van der Waals surface area contributed by atoms with E-state index in [0.29, 0.717) is 13.1 Å². The molecular weight excluding hydrogens is 222 g/mol. The number of hydrogen-bond donors (Lipinski definition) is 2. The van der Waals surface area contributed by atoms with Crippen molar-refractivity contribution in [2.24, 2.45) is 11.5 Å². The normalized spacial score (nSPS) is 21.2. The van der Waals surface area contributed by atoms with Crippen LogP contribution in [-0.4, -0.2) is 48.6 Å². The minimum absolute atomic E-state index is 0.0969. The lowest BCUT2D eigenvalue weighted by molar-refractivity contribution is -0.135. The highest BCUT2D eigenvalue weighted by Crippen LogP contribution is 2.13. The van der Waals surface area contributed by atoms with Gasteiger partial charge in [0.05, 0.1) is 18.6 Å². The lowest BCUT2D eigenvalue weighted by Crippen LogP contribution is -2.47. The molecule has 0 bridgehead atoms. The van der Waals surface area contributed by atoms with Gasteiger partial charge in [0.25, 0.3) is 0 Å². The van der Waals surface area contributed by atoms with Crippen LogP contribution in [0.2, 0.25) is 0 Å². The molecule has 1 fully saturated rings. The number of ether oxygens (including phenoxy) is 1. The zero-order valence-electron chi connectivity index (χ0n) is 10.2. The Morgan fingerprint density at radius 3 is 2.71 bits per heavy atom. The van der Waals surface area contributed by atoms with E-state index < -0.39 is 11.9 Å². The van der Waals surface area contributed by atoms with Gasteiger partial charge in [-0.05, 0) is 19.8 Å². The predicted molar refractivity (Wildman–Crippen MR) is 63.0 cm³/mol. The Labute approximate surface area is 101 Å². The number of primary amides is 1. The molecule has 0 radical (unpaired) electrons. The van der Waals surface area contributed by atoms with Crippen LogP contribution in [0.4, 0.5) is 0 Å². The van der Waals surface area contributed by atoms with Gasteiger partial charge in [-0.25, -0.2) is 0 Å². The third kappa shape index (κ3) is 4.32. The Kier molecular flexibility index (Phi) is 5.37. The lowest BCUT2D eigenvalue weighted by Gasteiger charge is -2.26. The van der Waals surface area contributed by atoms with Gasteiger partial charge in [-0.2, -0.15) is 0 Å². The van der Waals surface area contributed by atoms with Gasteiger partial charge in [-0.3, -0.25) is 9.59 Å². The summed E-state index contributed by atoms with van der Waals surface area (Å²) in [5.41, 5.74) is 10.7. The molecule has 0 aromatic rings. The van der Waals surface area contributed by atoms with Crippen LogP contribution >= 0.6 is 0 Å². The van der Waals surface area contributed by atoms with E-state index in [1.165, 1.54) is 0 Å². The van der Waals surface area contributed by atoms with Gasteiger partial charge in [-0.15, -0.1) is 0 Å². The molecule has 0 aliphatic carbocycles. The molecule has 4 N–H and O–H groups in total. The highest BCUT2D eigenvalue weighted by atomic mass is 16.5. The van der Waals surface area contributed by atoms with Gasteiger partial charge in [0, 0.05) is 19.7 Å². The topological polar surface area (TPSA) is 98.7 Å². The van der Waals surface area contributed by atoms with Gasteiger partial charge in [0.2, 0.25) is 11.8 Å². The van der Waals surface area contributed by atoms with Gasteiger partial charge in [0.1, 0.15) is 0 Å². The van der Waals surface area contributed by atoms with Gasteiger partial charge in [0.15, 0.2) is 0 Å². The SMILES string of the molecule is CCN(CC1CCCO1)C(=O)C(N)CC(N)=O. The molecule has 1 heterocycles. The fourth-order valence-corrected chi connectivity index (χ4v) is 1.95. The number of likely N-dealkylation sites (N-methyl/N-ethyl adjacent to an activating group) is 1. The Morgan fingerprint density at radius 2 is 2.24 bits per heavy atom. The second-order valence-corrected chi connectivity index (χ2v) is 4.29. The van der Waals surface area contributed by atoms with Crippen molar-refractivity contribution in [3.05, 3.63) is 0 Å². The van der Waals surface area contributed by atoms with Crippen molar-refractivity contribution >= 4 is 11.8 Å². The first kappa shape index (κ1) is 13.9. The Bertz CT molecular complexity index is 277. The molecule has 2 unspecified atom stereocenters. The van der Waals surface area contributed by atoms with E-state index in [0.717, 1.165) is 19.4 Å². The van der Waals surface area contributed by atoms with Crippen molar-refractivity contribution < 1.29 is 14.3 Å². The maximum Gasteiger partial charge on any atom is 0.240 e. The zero-order chi connectivity index (χ0) is 12.8. The fourth-order valence-electron chi connectivity index (χ4n) is 1.95. The van der Waals surface area contributed by atoms with Crippen LogP contribution in [0.25, 0.3) is 0 Å². The third-order valence-corrected chi connectivity index (χ3v) is 2.88. The molecular formula is C11H21N3O3. The van der Waals surface area contributed by atoms with E-state index in [1.807, 2.05) is 6.92 Å². The van der Waals surface area contributed by atoms with Crippen LogP contribution in [0.3, 0.4) is 0 Å². The lowest BCUT2D eigenvalue weighted by atomic mass is 10.1. The van der Waals surface area contributed by atoms with Crippen LogP contribution in [0.1, 0.15) is 26.2 Å². The molecule has 0 spiro atoms. The van der Waals surface area contributed by atoms with Gasteiger partial charge < -0.3 is 21.1 Å². The number of nitrogens with two attached hydrogens (primary N) is 2. The summed E-state index contributed by atoms with van der Waals surface area (Å²) in [6, 6.07) is -0.839. The van der Waals surface area contributed by atoms with Crippen LogP contribution in [-0.2, 0) is 14.3 Å². The number of hydrogen-bond acceptors (Lipinski definition) is 4. The van der Waals surface area contributed by atoms with Crippen LogP contribution in [0.15, 0.2) is 0 Å². The molecule has 0 saturated carbocycles. The molecule has 1 saturated heterocycles. The Hall–Kier alpha value is -1.14. The second-order valence-electron chi connectivity index (χ2n) is 4.29. The van der Waals surface area contributed by atoms with Crippen LogP contribution in [0, 0.1) is 0 Å². The van der Waals surface area contributed by atoms with Crippen LogP contribution in [0.5, 0.6) is 0 Å². The molecule has 0 aromatic heterocycles. The first-order valence-electron chi connectivity index (χ1n) is 5.98. The third-order valence-electron chi connectivity index (χ3n) is 2.88. The van der Waals surface area contributed by atoms with E-state index in [4.69, 9.17) is 16.2 Å². The second kappa shape index (κ2) is 6.56. The molecule has 1 aliphatic rings. The van der Waals surface area contributed by atoms with Crippen molar-refractivity contribution in [2.75, 3.05) is 19.7 Å². The summed E-state index contributed by atoms with van der Waals surface area (Å²) in [6.07, 6.45) is 1.99. The van der Waals surface area contributed by atoms with Gasteiger partial charge in [-0.1, -0.05) is 0 Å². The first-order chi connectivity index (χ1) is 8.04. The predicted octanol–water partition coefficient (Wildman–Crippen LogP) is -0.783. The van der Waals surface area contributed by atoms with Crippen molar-refractivity contribution in [1.29, 1.82) is 0 Å². The molecule has 17 heavy (non-hydrogen) atoms. The minimum Gasteiger partial charge on any atom is -0.376 e. The minimum atomic E-state index is -0.839. The van der Waals surface area contributed by atoms with Crippen LogP contribution < -0.4 is 11.5 Å². The average Bonchev–Trinajstić information content (AvgIpc) is 2.76. The summed E-state index contributed by atoms with van der Waals surface area (Å²) >= 11 is 0. The number of rotatable bonds is 6. The van der Waals surface area contributed by atoms with E-state index in [-0.39, 0.29) is 18.4 Å². The van der Waals surface area contributed by atoms with Crippen molar-refractivity contribution in [2.45, 2.75) is 38.3 Å². The molecule has 6 heteroatoms. The summed E-state index contributed by atoms with van der Waals surface area (Å²) in [4.78, 5) is 24.3. The number of amides is 2. The quantitative estimate of drug-likeness (QED) is 0.639. The number of carbonyl (C=O) groups excluding carboxylic acids is 2. The van der Waals surface area contributed by atoms with E-state index >= 15 is 0 Å². The monoisotopic (exact) mass is 243 g/mol. The molecule has 2 amide bonds. The maximum absolute atomic E-state index is 11.9. The van der Waals surface area contributed by atoms with Gasteiger partial charge >= 0.3 is 0 Å².